The fraction of sp³-hybridized carbons (Fsp3) is 0.0833. The number of rotatable bonds is 3. The average molecular weight is 348 g/mol. The minimum absolute atomic E-state index is 0.199. The van der Waals surface area contributed by atoms with Gasteiger partial charge < -0.3 is 10.5 Å². The van der Waals surface area contributed by atoms with Crippen LogP contribution in [-0.2, 0) is 6.61 Å². The van der Waals surface area contributed by atoms with E-state index >= 15 is 0 Å². The minimum atomic E-state index is 0.199. The zero-order chi connectivity index (χ0) is 13.1. The summed E-state index contributed by atoms with van der Waals surface area (Å²) in [5, 5.41) is 0.652. The molecule has 18 heavy (non-hydrogen) atoms. The summed E-state index contributed by atoms with van der Waals surface area (Å²) in [4.78, 5) is 3.99. The Hall–Kier alpha value is -0.970. The van der Waals surface area contributed by atoms with Crippen molar-refractivity contribution in [3.63, 3.8) is 0 Å². The van der Waals surface area contributed by atoms with Gasteiger partial charge in [0.25, 0.3) is 0 Å². The van der Waals surface area contributed by atoms with Crippen LogP contribution >= 0.6 is 39.1 Å². The molecule has 0 spiro atoms. The first-order valence-electron chi connectivity index (χ1n) is 5.05. The summed E-state index contributed by atoms with van der Waals surface area (Å²) < 4.78 is 6.50. The van der Waals surface area contributed by atoms with Crippen molar-refractivity contribution in [3.8, 4) is 5.88 Å². The topological polar surface area (TPSA) is 48.1 Å². The number of benzene rings is 1. The lowest BCUT2D eigenvalue weighted by Gasteiger charge is -2.08. The van der Waals surface area contributed by atoms with Gasteiger partial charge in [0.15, 0.2) is 0 Å². The summed E-state index contributed by atoms with van der Waals surface area (Å²) in [5.74, 6) is 0.476. The van der Waals surface area contributed by atoms with Gasteiger partial charge in [0.2, 0.25) is 5.88 Å². The van der Waals surface area contributed by atoms with Gasteiger partial charge in [-0.1, -0.05) is 51.3 Å². The molecular formula is C12H9BrCl2N2O. The lowest BCUT2D eigenvalue weighted by molar-refractivity contribution is 0.294. The first-order chi connectivity index (χ1) is 8.56. The third kappa shape index (κ3) is 3.28. The molecule has 1 aromatic carbocycles. The van der Waals surface area contributed by atoms with Crippen molar-refractivity contribution in [1.29, 1.82) is 0 Å². The molecule has 0 bridgehead atoms. The highest BCUT2D eigenvalue weighted by Crippen LogP contribution is 2.29. The predicted molar refractivity (Wildman–Crippen MR) is 77.1 cm³/mol. The van der Waals surface area contributed by atoms with Crippen LogP contribution in [0, 0.1) is 0 Å². The number of ether oxygens (including phenoxy) is 1. The highest BCUT2D eigenvalue weighted by Gasteiger charge is 2.08. The van der Waals surface area contributed by atoms with Gasteiger partial charge in [0.05, 0.1) is 5.02 Å². The van der Waals surface area contributed by atoms with Crippen molar-refractivity contribution >= 4 is 44.9 Å². The van der Waals surface area contributed by atoms with Crippen molar-refractivity contribution in [2.75, 3.05) is 5.73 Å². The molecule has 0 saturated heterocycles. The lowest BCUT2D eigenvalue weighted by Crippen LogP contribution is -2.00. The highest BCUT2D eigenvalue weighted by atomic mass is 79.9. The quantitative estimate of drug-likeness (QED) is 0.899. The van der Waals surface area contributed by atoms with Gasteiger partial charge in [-0.2, -0.15) is 4.98 Å². The lowest BCUT2D eigenvalue weighted by atomic mass is 10.2. The maximum Gasteiger partial charge on any atom is 0.234 e. The minimum Gasteiger partial charge on any atom is -0.472 e. The third-order valence-electron chi connectivity index (χ3n) is 2.19. The number of nitrogens with zero attached hydrogens (tertiary/aromatic N) is 1. The zero-order valence-corrected chi connectivity index (χ0v) is 12.3. The molecule has 2 rings (SSSR count). The number of halogens is 3. The number of aromatic nitrogens is 1. The van der Waals surface area contributed by atoms with Crippen molar-refractivity contribution < 1.29 is 4.74 Å². The molecule has 0 aliphatic rings. The maximum atomic E-state index is 5.96. The molecule has 0 aliphatic carbocycles. The highest BCUT2D eigenvalue weighted by molar-refractivity contribution is 9.10. The van der Waals surface area contributed by atoms with E-state index in [2.05, 4.69) is 20.9 Å². The molecule has 6 heteroatoms. The van der Waals surface area contributed by atoms with Gasteiger partial charge in [0.1, 0.15) is 17.4 Å². The van der Waals surface area contributed by atoms with Gasteiger partial charge >= 0.3 is 0 Å². The number of anilines is 1. The predicted octanol–water partition coefficient (Wildman–Crippen LogP) is 4.31. The van der Waals surface area contributed by atoms with Crippen molar-refractivity contribution in [2.45, 2.75) is 6.61 Å². The van der Waals surface area contributed by atoms with E-state index in [0.29, 0.717) is 16.7 Å². The van der Waals surface area contributed by atoms with Crippen LogP contribution in [0.15, 0.2) is 34.8 Å². The monoisotopic (exact) mass is 346 g/mol. The molecule has 0 atom stereocenters. The van der Waals surface area contributed by atoms with E-state index in [1.54, 1.807) is 0 Å². The van der Waals surface area contributed by atoms with Crippen LogP contribution in [-0.4, -0.2) is 4.98 Å². The molecule has 2 N–H and O–H groups in total. The Labute approximate surface area is 123 Å². The van der Waals surface area contributed by atoms with E-state index in [1.165, 1.54) is 6.07 Å². The van der Waals surface area contributed by atoms with Gasteiger partial charge in [-0.25, -0.2) is 0 Å². The van der Waals surface area contributed by atoms with E-state index in [1.807, 2.05) is 24.3 Å². The molecule has 0 unspecified atom stereocenters. The van der Waals surface area contributed by atoms with Crippen LogP contribution in [0.5, 0.6) is 5.88 Å². The van der Waals surface area contributed by atoms with Crippen molar-refractivity contribution in [3.05, 3.63) is 50.4 Å². The van der Waals surface area contributed by atoms with Crippen LogP contribution in [0.2, 0.25) is 10.0 Å². The van der Waals surface area contributed by atoms with Gasteiger partial charge in [-0.05, 0) is 23.8 Å². The van der Waals surface area contributed by atoms with E-state index in [0.717, 1.165) is 10.0 Å². The number of nitrogens with two attached hydrogens (primary N) is 1. The van der Waals surface area contributed by atoms with E-state index in [-0.39, 0.29) is 11.7 Å². The number of nitrogen functional groups attached to an aromatic ring is 1. The second-order valence-electron chi connectivity index (χ2n) is 3.56. The molecule has 1 heterocycles. The Kier molecular flexibility index (Phi) is 4.32. The Morgan fingerprint density at radius 3 is 2.72 bits per heavy atom. The molecule has 2 aromatic rings. The number of hydrogen-bond acceptors (Lipinski definition) is 3. The van der Waals surface area contributed by atoms with Crippen LogP contribution in [0.25, 0.3) is 0 Å². The Bertz CT molecular complexity index is 578. The maximum absolute atomic E-state index is 5.96. The average Bonchev–Trinajstić information content (AvgIpc) is 2.32. The Balaban J connectivity index is 2.13. The summed E-state index contributed by atoms with van der Waals surface area (Å²) in [7, 11) is 0. The van der Waals surface area contributed by atoms with Crippen LogP contribution < -0.4 is 10.5 Å². The van der Waals surface area contributed by atoms with Crippen LogP contribution in [0.1, 0.15) is 5.56 Å². The first kappa shape index (κ1) is 13.5. The molecule has 1 aromatic heterocycles. The third-order valence-corrected chi connectivity index (χ3v) is 3.26. The van der Waals surface area contributed by atoms with E-state index < -0.39 is 0 Å². The fourth-order valence-corrected chi connectivity index (χ4v) is 2.20. The molecule has 0 fully saturated rings. The first-order valence-corrected chi connectivity index (χ1v) is 6.60. The normalized spacial score (nSPS) is 10.4. The molecule has 0 aliphatic heterocycles. The van der Waals surface area contributed by atoms with Crippen molar-refractivity contribution in [2.24, 2.45) is 0 Å². The summed E-state index contributed by atoms with van der Waals surface area (Å²) in [6.07, 6.45) is 0. The molecule has 0 radical (unpaired) electrons. The van der Waals surface area contributed by atoms with Gasteiger partial charge in [-0.15, -0.1) is 0 Å². The zero-order valence-electron chi connectivity index (χ0n) is 9.16. The smallest absolute Gasteiger partial charge is 0.234 e. The second kappa shape index (κ2) is 5.78. The molecular weight excluding hydrogens is 339 g/mol. The summed E-state index contributed by atoms with van der Waals surface area (Å²) in [6.45, 7) is 0.354. The number of pyridine rings is 1. The van der Waals surface area contributed by atoms with Gasteiger partial charge in [-0.3, -0.25) is 0 Å². The van der Waals surface area contributed by atoms with Crippen LogP contribution in [0.4, 0.5) is 5.82 Å². The van der Waals surface area contributed by atoms with Crippen LogP contribution in [0.3, 0.4) is 0 Å². The Morgan fingerprint density at radius 1 is 1.22 bits per heavy atom. The van der Waals surface area contributed by atoms with E-state index in [9.17, 15) is 0 Å². The molecule has 94 valence electrons. The summed E-state index contributed by atoms with van der Waals surface area (Å²) in [5.41, 5.74) is 6.59. The Morgan fingerprint density at radius 2 is 2.00 bits per heavy atom. The SMILES string of the molecule is Nc1nc(OCc2cccc(Br)c2)c(Cl)cc1Cl. The second-order valence-corrected chi connectivity index (χ2v) is 5.29. The molecule has 3 nitrogen and oxygen atoms in total. The summed E-state index contributed by atoms with van der Waals surface area (Å²) in [6, 6.07) is 9.27. The molecule has 0 amide bonds. The largest absolute Gasteiger partial charge is 0.472 e. The standard InChI is InChI=1S/C12H9BrCl2N2O/c13-8-3-1-2-7(4-8)6-18-12-10(15)5-9(14)11(16)17-12/h1-5H,6H2,(H2,16,17). The number of hydrogen-bond donors (Lipinski definition) is 1. The van der Waals surface area contributed by atoms with E-state index in [4.69, 9.17) is 33.7 Å². The summed E-state index contributed by atoms with van der Waals surface area (Å²) >= 11 is 15.1. The van der Waals surface area contributed by atoms with Crippen molar-refractivity contribution in [1.82, 2.24) is 4.98 Å². The fourth-order valence-electron chi connectivity index (χ4n) is 1.34. The van der Waals surface area contributed by atoms with Gasteiger partial charge in [0, 0.05) is 4.47 Å². The molecule has 0 saturated carbocycles.